The number of anilines is 1. The Balaban J connectivity index is 1.55. The molecule has 0 heterocycles. The summed E-state index contributed by atoms with van der Waals surface area (Å²) in [5.74, 6) is -0.337. The zero-order valence-electron chi connectivity index (χ0n) is 14.7. The van der Waals surface area contributed by atoms with Gasteiger partial charge in [-0.3, -0.25) is 9.59 Å². The summed E-state index contributed by atoms with van der Waals surface area (Å²) in [7, 11) is 0. The summed E-state index contributed by atoms with van der Waals surface area (Å²) in [5.41, 5.74) is 2.67. The van der Waals surface area contributed by atoms with E-state index >= 15 is 0 Å². The maximum atomic E-state index is 12.9. The zero-order valence-corrected chi connectivity index (χ0v) is 14.7. The first-order chi connectivity index (χ1) is 13.0. The molecule has 0 saturated heterocycles. The van der Waals surface area contributed by atoms with Crippen molar-refractivity contribution in [2.75, 3.05) is 11.9 Å². The molecule has 0 unspecified atom stereocenters. The van der Waals surface area contributed by atoms with E-state index in [0.29, 0.717) is 22.6 Å². The van der Waals surface area contributed by atoms with E-state index in [0.717, 1.165) is 5.56 Å². The Morgan fingerprint density at radius 1 is 0.852 bits per heavy atom. The summed E-state index contributed by atoms with van der Waals surface area (Å²) < 4.78 is 18.3. The maximum Gasteiger partial charge on any atom is 0.255 e. The number of benzene rings is 3. The van der Waals surface area contributed by atoms with Crippen LogP contribution in [-0.4, -0.2) is 18.3 Å². The number of ether oxygens (including phenoxy) is 1. The van der Waals surface area contributed by atoms with E-state index < -0.39 is 5.82 Å². The van der Waals surface area contributed by atoms with Gasteiger partial charge >= 0.3 is 0 Å². The van der Waals surface area contributed by atoms with Crippen molar-refractivity contribution < 1.29 is 18.7 Å². The average molecular weight is 363 g/mol. The molecule has 0 aliphatic carbocycles. The lowest BCUT2D eigenvalue weighted by Crippen LogP contribution is -2.12. The molecule has 1 amide bonds. The van der Waals surface area contributed by atoms with Crippen molar-refractivity contribution >= 4 is 17.4 Å². The summed E-state index contributed by atoms with van der Waals surface area (Å²) in [5, 5.41) is 2.80. The van der Waals surface area contributed by atoms with E-state index in [2.05, 4.69) is 5.32 Å². The number of hydrogen-bond acceptors (Lipinski definition) is 3. The molecule has 0 aliphatic heterocycles. The van der Waals surface area contributed by atoms with Crippen LogP contribution < -0.4 is 10.1 Å². The van der Waals surface area contributed by atoms with Crippen molar-refractivity contribution in [1.82, 2.24) is 0 Å². The topological polar surface area (TPSA) is 55.4 Å². The quantitative estimate of drug-likeness (QED) is 0.649. The number of carbonyl (C=O) groups is 2. The second kappa shape index (κ2) is 8.27. The van der Waals surface area contributed by atoms with Crippen LogP contribution >= 0.6 is 0 Å². The first kappa shape index (κ1) is 18.3. The third-order valence-electron chi connectivity index (χ3n) is 3.96. The summed E-state index contributed by atoms with van der Waals surface area (Å²) in [6.45, 7) is 1.81. The molecule has 3 aromatic carbocycles. The lowest BCUT2D eigenvalue weighted by atomic mass is 10.1. The van der Waals surface area contributed by atoms with E-state index in [1.165, 1.54) is 24.3 Å². The highest BCUT2D eigenvalue weighted by atomic mass is 19.1. The predicted molar refractivity (Wildman–Crippen MR) is 102 cm³/mol. The van der Waals surface area contributed by atoms with Crippen LogP contribution in [0.5, 0.6) is 5.75 Å². The smallest absolute Gasteiger partial charge is 0.255 e. The van der Waals surface area contributed by atoms with E-state index in [4.69, 9.17) is 4.74 Å². The largest absolute Gasteiger partial charge is 0.485 e. The van der Waals surface area contributed by atoms with Crippen LogP contribution in [0.2, 0.25) is 0 Å². The summed E-state index contributed by atoms with van der Waals surface area (Å²) in [6.07, 6.45) is 0. The van der Waals surface area contributed by atoms with Crippen molar-refractivity contribution in [2.45, 2.75) is 6.92 Å². The summed E-state index contributed by atoms with van der Waals surface area (Å²) in [4.78, 5) is 24.2. The average Bonchev–Trinajstić information content (AvgIpc) is 2.68. The Labute approximate surface area is 156 Å². The van der Waals surface area contributed by atoms with E-state index in [9.17, 15) is 14.0 Å². The summed E-state index contributed by atoms with van der Waals surface area (Å²) in [6, 6.07) is 19.3. The van der Waals surface area contributed by atoms with Crippen molar-refractivity contribution in [1.29, 1.82) is 0 Å². The Bertz CT molecular complexity index is 933. The predicted octanol–water partition coefficient (Wildman–Crippen LogP) is 4.65. The van der Waals surface area contributed by atoms with Gasteiger partial charge in [0.25, 0.3) is 5.91 Å². The molecular weight excluding hydrogens is 345 g/mol. The number of amides is 1. The third kappa shape index (κ3) is 5.01. The first-order valence-electron chi connectivity index (χ1n) is 8.41. The minimum atomic E-state index is -0.393. The number of nitrogens with one attached hydrogen (secondary N) is 1. The molecule has 0 radical (unpaired) electrons. The number of aryl methyl sites for hydroxylation is 1. The molecule has 0 atom stereocenters. The second-order valence-electron chi connectivity index (χ2n) is 6.06. The van der Waals surface area contributed by atoms with Crippen molar-refractivity contribution in [3.8, 4) is 5.75 Å². The number of ketones is 1. The fraction of sp³-hybridized carbons (Fsp3) is 0.0909. The first-order valence-corrected chi connectivity index (χ1v) is 8.41. The van der Waals surface area contributed by atoms with Crippen LogP contribution in [0.1, 0.15) is 26.3 Å². The Kier molecular flexibility index (Phi) is 5.61. The second-order valence-corrected chi connectivity index (χ2v) is 6.06. The van der Waals surface area contributed by atoms with Crippen LogP contribution in [0.15, 0.2) is 72.8 Å². The minimum absolute atomic E-state index is 0.152. The molecule has 0 aromatic heterocycles. The molecule has 136 valence electrons. The number of Topliss-reactive ketones (excluding diaryl/α,β-unsaturated/α-hetero) is 1. The monoisotopic (exact) mass is 363 g/mol. The number of halogens is 1. The van der Waals surface area contributed by atoms with Gasteiger partial charge in [0.15, 0.2) is 12.4 Å². The van der Waals surface area contributed by atoms with Gasteiger partial charge in [-0.2, -0.15) is 0 Å². The molecular formula is C22H18FNO3. The lowest BCUT2D eigenvalue weighted by molar-refractivity contribution is 0.0921. The van der Waals surface area contributed by atoms with Crippen molar-refractivity contribution in [3.63, 3.8) is 0 Å². The number of rotatable bonds is 6. The van der Waals surface area contributed by atoms with Gasteiger partial charge in [0.1, 0.15) is 11.6 Å². The SMILES string of the molecule is Cc1ccc(C(=O)Nc2ccc(OCC(=O)c3ccc(F)cc3)cc2)cc1. The maximum absolute atomic E-state index is 12.9. The Morgan fingerprint density at radius 3 is 2.07 bits per heavy atom. The molecule has 27 heavy (non-hydrogen) atoms. The van der Waals surface area contributed by atoms with Gasteiger partial charge in [0.2, 0.25) is 0 Å². The van der Waals surface area contributed by atoms with Crippen LogP contribution in [0.25, 0.3) is 0 Å². The highest BCUT2D eigenvalue weighted by Gasteiger charge is 2.08. The molecule has 1 N–H and O–H groups in total. The molecule has 0 bridgehead atoms. The van der Waals surface area contributed by atoms with Gasteiger partial charge in [-0.15, -0.1) is 0 Å². The number of carbonyl (C=O) groups excluding carboxylic acids is 2. The van der Waals surface area contributed by atoms with Gasteiger partial charge in [0.05, 0.1) is 0 Å². The van der Waals surface area contributed by atoms with Crippen molar-refractivity contribution in [2.24, 2.45) is 0 Å². The normalized spacial score (nSPS) is 10.3. The van der Waals surface area contributed by atoms with Crippen LogP contribution in [0.4, 0.5) is 10.1 Å². The number of hydrogen-bond donors (Lipinski definition) is 1. The van der Waals surface area contributed by atoms with Gasteiger partial charge in [-0.1, -0.05) is 17.7 Å². The fourth-order valence-corrected chi connectivity index (χ4v) is 2.41. The van der Waals surface area contributed by atoms with Crippen molar-refractivity contribution in [3.05, 3.63) is 95.3 Å². The molecule has 0 fully saturated rings. The molecule has 4 nitrogen and oxygen atoms in total. The van der Waals surface area contributed by atoms with Gasteiger partial charge in [-0.25, -0.2) is 4.39 Å². The molecule has 3 rings (SSSR count). The molecule has 0 spiro atoms. The van der Waals surface area contributed by atoms with Gasteiger partial charge in [-0.05, 0) is 67.6 Å². The summed E-state index contributed by atoms with van der Waals surface area (Å²) >= 11 is 0. The Hall–Kier alpha value is -3.47. The molecule has 0 aliphatic rings. The fourth-order valence-electron chi connectivity index (χ4n) is 2.41. The highest BCUT2D eigenvalue weighted by molar-refractivity contribution is 6.04. The van der Waals surface area contributed by atoms with Crippen LogP contribution in [-0.2, 0) is 0 Å². The van der Waals surface area contributed by atoms with E-state index in [1.807, 2.05) is 19.1 Å². The molecule has 0 saturated carbocycles. The van der Waals surface area contributed by atoms with Gasteiger partial charge < -0.3 is 10.1 Å². The van der Waals surface area contributed by atoms with E-state index in [-0.39, 0.29) is 18.3 Å². The van der Waals surface area contributed by atoms with Crippen LogP contribution in [0.3, 0.4) is 0 Å². The Morgan fingerprint density at radius 2 is 1.44 bits per heavy atom. The minimum Gasteiger partial charge on any atom is -0.485 e. The lowest BCUT2D eigenvalue weighted by Gasteiger charge is -2.08. The van der Waals surface area contributed by atoms with E-state index in [1.54, 1.807) is 36.4 Å². The van der Waals surface area contributed by atoms with Gasteiger partial charge in [0, 0.05) is 16.8 Å². The molecule has 3 aromatic rings. The highest BCUT2D eigenvalue weighted by Crippen LogP contribution is 2.17. The third-order valence-corrected chi connectivity index (χ3v) is 3.96. The molecule has 5 heteroatoms. The zero-order chi connectivity index (χ0) is 19.2. The standard InChI is InChI=1S/C22H18FNO3/c1-15-2-4-17(5-3-15)22(26)24-19-10-12-20(13-11-19)27-14-21(25)16-6-8-18(23)9-7-16/h2-13H,14H2,1H3,(H,24,26). The van der Waals surface area contributed by atoms with Crippen LogP contribution in [0, 0.1) is 12.7 Å².